The minimum atomic E-state index is -0.134. The maximum Gasteiger partial charge on any atom is 0.234 e. The molecule has 144 valence electrons. The molecule has 1 aliphatic carbocycles. The first-order chi connectivity index (χ1) is 13.6. The van der Waals surface area contributed by atoms with E-state index in [9.17, 15) is 4.79 Å². The van der Waals surface area contributed by atoms with E-state index in [1.165, 1.54) is 17.3 Å². The predicted octanol–water partition coefficient (Wildman–Crippen LogP) is 5.24. The number of hydrogen-bond acceptors (Lipinski definition) is 4. The number of anilines is 1. The fourth-order valence-electron chi connectivity index (χ4n) is 2.87. The Morgan fingerprint density at radius 3 is 2.61 bits per heavy atom. The van der Waals surface area contributed by atoms with Crippen LogP contribution in [-0.4, -0.2) is 26.4 Å². The number of benzene rings is 2. The van der Waals surface area contributed by atoms with Crippen LogP contribution in [0.5, 0.6) is 0 Å². The van der Waals surface area contributed by atoms with E-state index in [2.05, 4.69) is 32.2 Å². The van der Waals surface area contributed by atoms with Gasteiger partial charge in [-0.15, -0.1) is 10.2 Å². The summed E-state index contributed by atoms with van der Waals surface area (Å²) in [5.41, 5.74) is 1.80. The van der Waals surface area contributed by atoms with E-state index in [0.29, 0.717) is 28.2 Å². The Bertz CT molecular complexity index is 989. The van der Waals surface area contributed by atoms with Gasteiger partial charge in [-0.2, -0.15) is 0 Å². The molecule has 0 spiro atoms. The van der Waals surface area contributed by atoms with Crippen molar-refractivity contribution in [2.75, 3.05) is 11.1 Å². The summed E-state index contributed by atoms with van der Waals surface area (Å²) >= 11 is 13.3. The largest absolute Gasteiger partial charge is 0.325 e. The number of aromatic nitrogens is 3. The number of amides is 1. The van der Waals surface area contributed by atoms with Crippen LogP contribution in [0.15, 0.2) is 53.7 Å². The number of hydrogen-bond donors (Lipinski definition) is 1. The van der Waals surface area contributed by atoms with Gasteiger partial charge in [0, 0.05) is 11.6 Å². The van der Waals surface area contributed by atoms with Gasteiger partial charge in [0.15, 0.2) is 5.16 Å². The molecule has 4 rings (SSSR count). The molecule has 1 saturated carbocycles. The van der Waals surface area contributed by atoms with Crippen molar-refractivity contribution in [1.29, 1.82) is 0 Å². The summed E-state index contributed by atoms with van der Waals surface area (Å²) in [6.07, 6.45) is 2.30. The highest BCUT2D eigenvalue weighted by atomic mass is 35.5. The molecule has 8 heteroatoms. The highest BCUT2D eigenvalue weighted by Gasteiger charge is 2.30. The maximum atomic E-state index is 12.3. The van der Waals surface area contributed by atoms with Gasteiger partial charge in [-0.3, -0.25) is 4.79 Å². The Morgan fingerprint density at radius 1 is 1.11 bits per heavy atom. The summed E-state index contributed by atoms with van der Waals surface area (Å²) in [6, 6.07) is 15.2. The van der Waals surface area contributed by atoms with E-state index < -0.39 is 0 Å². The molecule has 5 nitrogen and oxygen atoms in total. The molecule has 28 heavy (non-hydrogen) atoms. The summed E-state index contributed by atoms with van der Waals surface area (Å²) < 4.78 is 2.13. The van der Waals surface area contributed by atoms with E-state index in [4.69, 9.17) is 23.2 Å². The average Bonchev–Trinajstić information content (AvgIpc) is 3.46. The van der Waals surface area contributed by atoms with Crippen LogP contribution in [0.25, 0.3) is 0 Å². The highest BCUT2D eigenvalue weighted by Crippen LogP contribution is 2.40. The van der Waals surface area contributed by atoms with Crippen molar-refractivity contribution in [3.05, 3.63) is 70.0 Å². The molecule has 1 fully saturated rings. The third kappa shape index (κ3) is 4.69. The van der Waals surface area contributed by atoms with Crippen molar-refractivity contribution in [2.24, 2.45) is 0 Å². The van der Waals surface area contributed by atoms with Crippen LogP contribution in [-0.2, 0) is 11.3 Å². The Morgan fingerprint density at radius 2 is 1.89 bits per heavy atom. The molecule has 0 radical (unpaired) electrons. The van der Waals surface area contributed by atoms with Crippen LogP contribution in [0.1, 0.15) is 30.1 Å². The quantitative estimate of drug-likeness (QED) is 0.518. The molecule has 0 saturated heterocycles. The SMILES string of the molecule is O=C(CSc1nnc(C2CC2)n1Cc1ccccc1)Nc1ccc(Cl)c(Cl)c1. The van der Waals surface area contributed by atoms with Gasteiger partial charge in [-0.1, -0.05) is 65.3 Å². The molecule has 0 bridgehead atoms. The number of halogens is 2. The molecule has 1 N–H and O–H groups in total. The second kappa shape index (κ2) is 8.55. The second-order valence-corrected chi connectivity index (χ2v) is 8.41. The predicted molar refractivity (Wildman–Crippen MR) is 113 cm³/mol. The van der Waals surface area contributed by atoms with Gasteiger partial charge in [0.2, 0.25) is 5.91 Å². The van der Waals surface area contributed by atoms with Crippen molar-refractivity contribution in [3.8, 4) is 0 Å². The van der Waals surface area contributed by atoms with Crippen LogP contribution in [0.3, 0.4) is 0 Å². The number of carbonyl (C=O) groups excluding carboxylic acids is 1. The Labute approximate surface area is 177 Å². The summed E-state index contributed by atoms with van der Waals surface area (Å²) in [7, 11) is 0. The van der Waals surface area contributed by atoms with E-state index in [1.54, 1.807) is 18.2 Å². The minimum absolute atomic E-state index is 0.134. The van der Waals surface area contributed by atoms with Gasteiger partial charge < -0.3 is 9.88 Å². The second-order valence-electron chi connectivity index (χ2n) is 6.65. The van der Waals surface area contributed by atoms with Crippen LogP contribution in [0.4, 0.5) is 5.69 Å². The van der Waals surface area contributed by atoms with Gasteiger partial charge in [0.25, 0.3) is 0 Å². The van der Waals surface area contributed by atoms with E-state index in [-0.39, 0.29) is 11.7 Å². The van der Waals surface area contributed by atoms with Gasteiger partial charge in [0.1, 0.15) is 5.82 Å². The third-order valence-electron chi connectivity index (χ3n) is 4.41. The van der Waals surface area contributed by atoms with E-state index >= 15 is 0 Å². The number of thioether (sulfide) groups is 1. The number of nitrogens with one attached hydrogen (secondary N) is 1. The fraction of sp³-hybridized carbons (Fsp3) is 0.250. The molecule has 1 heterocycles. The van der Waals surface area contributed by atoms with Crippen molar-refractivity contribution in [3.63, 3.8) is 0 Å². The first-order valence-corrected chi connectivity index (χ1v) is 10.7. The molecule has 3 aromatic rings. The molecule has 0 unspecified atom stereocenters. The molecule has 0 atom stereocenters. The highest BCUT2D eigenvalue weighted by molar-refractivity contribution is 7.99. The van der Waals surface area contributed by atoms with E-state index in [0.717, 1.165) is 23.8 Å². The van der Waals surface area contributed by atoms with Crippen LogP contribution < -0.4 is 5.32 Å². The molecule has 1 amide bonds. The van der Waals surface area contributed by atoms with Gasteiger partial charge in [-0.25, -0.2) is 0 Å². The summed E-state index contributed by atoms with van der Waals surface area (Å²) in [6.45, 7) is 0.705. The lowest BCUT2D eigenvalue weighted by Crippen LogP contribution is -2.15. The monoisotopic (exact) mass is 432 g/mol. The zero-order valence-corrected chi connectivity index (χ0v) is 17.3. The molecular weight excluding hydrogens is 415 g/mol. The van der Waals surface area contributed by atoms with Crippen LogP contribution in [0.2, 0.25) is 10.0 Å². The smallest absolute Gasteiger partial charge is 0.234 e. The topological polar surface area (TPSA) is 59.8 Å². The van der Waals surface area contributed by atoms with Crippen LogP contribution in [0, 0.1) is 0 Å². The van der Waals surface area contributed by atoms with Crippen molar-refractivity contribution < 1.29 is 4.79 Å². The fourth-order valence-corrected chi connectivity index (χ4v) is 3.91. The number of nitrogens with zero attached hydrogens (tertiary/aromatic N) is 3. The van der Waals surface area contributed by atoms with Crippen LogP contribution >= 0.6 is 35.0 Å². The molecule has 0 aliphatic heterocycles. The summed E-state index contributed by atoms with van der Waals surface area (Å²) in [5.74, 6) is 1.59. The van der Waals surface area contributed by atoms with Gasteiger partial charge in [0.05, 0.1) is 22.3 Å². The molecular formula is C20H18Cl2N4OS. The lowest BCUT2D eigenvalue weighted by Gasteiger charge is -2.10. The number of carbonyl (C=O) groups is 1. The van der Waals surface area contributed by atoms with Crippen molar-refractivity contribution >= 4 is 46.6 Å². The summed E-state index contributed by atoms with van der Waals surface area (Å²) in [4.78, 5) is 12.3. The van der Waals surface area contributed by atoms with Gasteiger partial charge in [-0.05, 0) is 36.6 Å². The number of rotatable bonds is 7. The lowest BCUT2D eigenvalue weighted by atomic mass is 10.2. The van der Waals surface area contributed by atoms with Crippen molar-refractivity contribution in [2.45, 2.75) is 30.5 Å². The minimum Gasteiger partial charge on any atom is -0.325 e. The average molecular weight is 433 g/mol. The first-order valence-electron chi connectivity index (χ1n) is 8.95. The zero-order chi connectivity index (χ0) is 19.5. The Kier molecular flexibility index (Phi) is 5.90. The van der Waals surface area contributed by atoms with E-state index in [1.807, 2.05) is 18.2 Å². The Balaban J connectivity index is 1.44. The molecule has 1 aliphatic rings. The maximum absolute atomic E-state index is 12.3. The van der Waals surface area contributed by atoms with Crippen molar-refractivity contribution in [1.82, 2.24) is 14.8 Å². The zero-order valence-electron chi connectivity index (χ0n) is 14.9. The van der Waals surface area contributed by atoms with Gasteiger partial charge >= 0.3 is 0 Å². The third-order valence-corrected chi connectivity index (χ3v) is 6.11. The normalized spacial score (nSPS) is 13.5. The standard InChI is InChI=1S/C20H18Cl2N4OS/c21-16-9-8-15(10-17(16)22)23-18(27)12-28-20-25-24-19(14-6-7-14)26(20)11-13-4-2-1-3-5-13/h1-5,8-10,14H,6-7,11-12H2,(H,23,27). The molecule has 1 aromatic heterocycles. The lowest BCUT2D eigenvalue weighted by molar-refractivity contribution is -0.113. The Hall–Kier alpha value is -2.02. The molecule has 2 aromatic carbocycles. The summed E-state index contributed by atoms with van der Waals surface area (Å²) in [5, 5.41) is 13.2. The first kappa shape index (κ1) is 19.3.